The van der Waals surface area contributed by atoms with Gasteiger partial charge in [0.15, 0.2) is 5.96 Å². The van der Waals surface area contributed by atoms with E-state index in [9.17, 15) is 0 Å². The van der Waals surface area contributed by atoms with Crippen molar-refractivity contribution >= 4 is 5.96 Å². The van der Waals surface area contributed by atoms with Crippen molar-refractivity contribution in [3.63, 3.8) is 0 Å². The van der Waals surface area contributed by atoms with Gasteiger partial charge in [-0.1, -0.05) is 39.0 Å². The molecule has 0 spiro atoms. The summed E-state index contributed by atoms with van der Waals surface area (Å²) in [4.78, 5) is 3.82. The first kappa shape index (κ1) is 12.3. The lowest BCUT2D eigenvalue weighted by atomic mass is 10.1. The predicted molar refractivity (Wildman–Crippen MR) is 58.9 cm³/mol. The molecule has 0 atom stereocenters. The molecule has 0 rings (SSSR count). The van der Waals surface area contributed by atoms with Crippen molar-refractivity contribution in [1.29, 1.82) is 0 Å². The molecule has 0 fully saturated rings. The third-order valence-electron chi connectivity index (χ3n) is 2.08. The van der Waals surface area contributed by atoms with Crippen LogP contribution in [0, 0.1) is 0 Å². The first-order chi connectivity index (χ1) is 6.31. The Labute approximate surface area is 81.8 Å². The fourth-order valence-corrected chi connectivity index (χ4v) is 1.20. The van der Waals surface area contributed by atoms with Gasteiger partial charge < -0.3 is 11.1 Å². The molecule has 0 unspecified atom stereocenters. The molecule has 0 saturated heterocycles. The first-order valence-electron chi connectivity index (χ1n) is 5.27. The number of hydrogen-bond acceptors (Lipinski definition) is 1. The maximum atomic E-state index is 5.47. The Kier molecular flexibility index (Phi) is 8.83. The number of guanidine groups is 1. The first-order valence-corrected chi connectivity index (χ1v) is 5.27. The van der Waals surface area contributed by atoms with Crippen molar-refractivity contribution in [3.8, 4) is 0 Å². The van der Waals surface area contributed by atoms with Crippen LogP contribution in [0.2, 0.25) is 0 Å². The summed E-state index contributed by atoms with van der Waals surface area (Å²) in [6.45, 7) is 3.19. The summed E-state index contributed by atoms with van der Waals surface area (Å²) in [6, 6.07) is 0. The van der Waals surface area contributed by atoms with Crippen LogP contribution in [0.25, 0.3) is 0 Å². The highest BCUT2D eigenvalue weighted by molar-refractivity contribution is 5.77. The molecule has 0 radical (unpaired) electrons. The lowest BCUT2D eigenvalue weighted by Gasteiger charge is -2.03. The van der Waals surface area contributed by atoms with Crippen LogP contribution in [-0.4, -0.2) is 19.6 Å². The summed E-state index contributed by atoms with van der Waals surface area (Å²) in [5.74, 6) is 0.550. The van der Waals surface area contributed by atoms with Crippen LogP contribution >= 0.6 is 0 Å². The van der Waals surface area contributed by atoms with Crippen molar-refractivity contribution in [3.05, 3.63) is 0 Å². The van der Waals surface area contributed by atoms with Crippen molar-refractivity contribution < 1.29 is 0 Å². The summed E-state index contributed by atoms with van der Waals surface area (Å²) in [6.07, 6.45) is 7.89. The number of aliphatic imine (C=N–C) groups is 1. The van der Waals surface area contributed by atoms with Gasteiger partial charge in [-0.15, -0.1) is 0 Å². The van der Waals surface area contributed by atoms with Gasteiger partial charge in [-0.3, -0.25) is 4.99 Å². The molecule has 0 bridgehead atoms. The van der Waals surface area contributed by atoms with Gasteiger partial charge in [-0.25, -0.2) is 0 Å². The van der Waals surface area contributed by atoms with E-state index in [4.69, 9.17) is 5.73 Å². The highest BCUT2D eigenvalue weighted by Gasteiger charge is 1.90. The molecule has 3 heteroatoms. The third kappa shape index (κ3) is 9.18. The van der Waals surface area contributed by atoms with E-state index in [1.54, 1.807) is 7.05 Å². The fourth-order valence-electron chi connectivity index (χ4n) is 1.20. The maximum Gasteiger partial charge on any atom is 0.188 e. The summed E-state index contributed by atoms with van der Waals surface area (Å²) < 4.78 is 0. The van der Waals surface area contributed by atoms with E-state index < -0.39 is 0 Å². The van der Waals surface area contributed by atoms with E-state index in [2.05, 4.69) is 17.2 Å². The molecule has 0 aliphatic heterocycles. The van der Waals surface area contributed by atoms with Crippen LogP contribution in [0.5, 0.6) is 0 Å². The molecular weight excluding hydrogens is 162 g/mol. The number of nitrogens with two attached hydrogens (primary N) is 1. The minimum absolute atomic E-state index is 0.550. The van der Waals surface area contributed by atoms with E-state index in [-0.39, 0.29) is 0 Å². The number of nitrogens with zero attached hydrogens (tertiary/aromatic N) is 1. The van der Waals surface area contributed by atoms with Gasteiger partial charge in [0.05, 0.1) is 0 Å². The molecular formula is C10H23N3. The van der Waals surface area contributed by atoms with Crippen LogP contribution in [0.15, 0.2) is 4.99 Å². The summed E-state index contributed by atoms with van der Waals surface area (Å²) in [5, 5.41) is 3.05. The van der Waals surface area contributed by atoms with E-state index >= 15 is 0 Å². The van der Waals surface area contributed by atoms with Gasteiger partial charge >= 0.3 is 0 Å². The summed E-state index contributed by atoms with van der Waals surface area (Å²) in [5.41, 5.74) is 5.47. The van der Waals surface area contributed by atoms with Gasteiger partial charge in [0.1, 0.15) is 0 Å². The molecule has 0 aromatic heterocycles. The average molecular weight is 185 g/mol. The normalized spacial score (nSPS) is 11.7. The Morgan fingerprint density at radius 2 is 1.77 bits per heavy atom. The van der Waals surface area contributed by atoms with Crippen LogP contribution in [-0.2, 0) is 0 Å². The molecule has 0 aromatic rings. The SMILES string of the molecule is CCCCCCCCNC(N)=NC. The lowest BCUT2D eigenvalue weighted by Crippen LogP contribution is -2.31. The van der Waals surface area contributed by atoms with Crippen molar-refractivity contribution in [2.75, 3.05) is 13.6 Å². The molecule has 0 amide bonds. The molecule has 0 aliphatic rings. The highest BCUT2D eigenvalue weighted by atomic mass is 15.1. The average Bonchev–Trinajstić information content (AvgIpc) is 2.16. The monoisotopic (exact) mass is 185 g/mol. The Morgan fingerprint density at radius 3 is 2.38 bits per heavy atom. The third-order valence-corrected chi connectivity index (χ3v) is 2.08. The second-order valence-electron chi connectivity index (χ2n) is 3.30. The topological polar surface area (TPSA) is 50.4 Å². The van der Waals surface area contributed by atoms with Crippen molar-refractivity contribution in [2.45, 2.75) is 45.4 Å². The van der Waals surface area contributed by atoms with Crippen LogP contribution in [0.3, 0.4) is 0 Å². The summed E-state index contributed by atoms with van der Waals surface area (Å²) >= 11 is 0. The predicted octanol–water partition coefficient (Wildman–Crippen LogP) is 1.88. The van der Waals surface area contributed by atoms with E-state index in [1.807, 2.05) is 0 Å². The largest absolute Gasteiger partial charge is 0.370 e. The number of unbranched alkanes of at least 4 members (excludes halogenated alkanes) is 5. The Bertz CT molecular complexity index is 132. The number of hydrogen-bond donors (Lipinski definition) is 2. The Hall–Kier alpha value is -0.730. The zero-order chi connectivity index (χ0) is 9.94. The fraction of sp³-hybridized carbons (Fsp3) is 0.900. The molecule has 3 N–H and O–H groups in total. The second kappa shape index (κ2) is 9.36. The minimum atomic E-state index is 0.550. The number of rotatable bonds is 7. The van der Waals surface area contributed by atoms with Gasteiger partial charge in [0.2, 0.25) is 0 Å². The zero-order valence-corrected chi connectivity index (χ0v) is 8.97. The smallest absolute Gasteiger partial charge is 0.188 e. The van der Waals surface area contributed by atoms with Crippen molar-refractivity contribution in [2.24, 2.45) is 10.7 Å². The van der Waals surface area contributed by atoms with Crippen LogP contribution in [0.4, 0.5) is 0 Å². The minimum Gasteiger partial charge on any atom is -0.370 e. The molecule has 78 valence electrons. The van der Waals surface area contributed by atoms with Crippen molar-refractivity contribution in [1.82, 2.24) is 5.32 Å². The van der Waals surface area contributed by atoms with E-state index in [0.717, 1.165) is 6.54 Å². The maximum absolute atomic E-state index is 5.47. The highest BCUT2D eigenvalue weighted by Crippen LogP contribution is 2.03. The number of nitrogens with one attached hydrogen (secondary N) is 1. The Balaban J connectivity index is 3.00. The van der Waals surface area contributed by atoms with Crippen LogP contribution in [0.1, 0.15) is 45.4 Å². The summed E-state index contributed by atoms with van der Waals surface area (Å²) in [7, 11) is 1.70. The van der Waals surface area contributed by atoms with E-state index in [1.165, 1.54) is 38.5 Å². The molecule has 13 heavy (non-hydrogen) atoms. The quantitative estimate of drug-likeness (QED) is 0.361. The lowest BCUT2D eigenvalue weighted by molar-refractivity contribution is 0.601. The van der Waals surface area contributed by atoms with E-state index in [0.29, 0.717) is 5.96 Å². The molecule has 3 nitrogen and oxygen atoms in total. The Morgan fingerprint density at radius 1 is 1.15 bits per heavy atom. The molecule has 0 saturated carbocycles. The standard InChI is InChI=1S/C10H23N3/c1-3-4-5-6-7-8-9-13-10(11)12-2/h3-9H2,1-2H3,(H3,11,12,13). The van der Waals surface area contributed by atoms with Gasteiger partial charge in [0.25, 0.3) is 0 Å². The zero-order valence-electron chi connectivity index (χ0n) is 8.97. The molecule has 0 aliphatic carbocycles. The van der Waals surface area contributed by atoms with Gasteiger partial charge in [-0.2, -0.15) is 0 Å². The second-order valence-corrected chi connectivity index (χ2v) is 3.30. The van der Waals surface area contributed by atoms with Gasteiger partial charge in [0, 0.05) is 13.6 Å². The van der Waals surface area contributed by atoms with Gasteiger partial charge in [-0.05, 0) is 6.42 Å². The molecule has 0 heterocycles. The van der Waals surface area contributed by atoms with Crippen LogP contribution < -0.4 is 11.1 Å². The molecule has 0 aromatic carbocycles.